The molecule has 1 heterocycles. The molecule has 0 spiro atoms. The number of ketones is 1. The fraction of sp³-hybridized carbons (Fsp3) is 0.185. The Bertz CT molecular complexity index is 1290. The van der Waals surface area contributed by atoms with Crippen LogP contribution in [0.2, 0.25) is 0 Å². The third kappa shape index (κ3) is 4.18. The Balaban J connectivity index is 1.99. The molecule has 1 unspecified atom stereocenters. The number of Topliss-reactive ketones (excluding diaryl/α,β-unsaturated/α-hetero) is 1. The van der Waals surface area contributed by atoms with Gasteiger partial charge < -0.3 is 9.84 Å². The SMILES string of the molecule is COc1cccc(C2/C(=C(/O)c3ccc(Br)c(C)c3)C(=O)C(=O)N2c2cc(C)cc(C)c2)c1. The summed E-state index contributed by atoms with van der Waals surface area (Å²) in [6.07, 6.45) is 0. The van der Waals surface area contributed by atoms with Crippen LogP contribution in [0.1, 0.15) is 33.9 Å². The minimum Gasteiger partial charge on any atom is -0.507 e. The molecule has 1 amide bonds. The number of carbonyl (C=O) groups excluding carboxylic acids is 2. The van der Waals surface area contributed by atoms with E-state index in [1.54, 1.807) is 37.4 Å². The third-order valence-corrected chi connectivity index (χ3v) is 6.66. The van der Waals surface area contributed by atoms with Crippen LogP contribution < -0.4 is 9.64 Å². The number of nitrogens with zero attached hydrogens (tertiary/aromatic N) is 1. The van der Waals surface area contributed by atoms with Crippen LogP contribution in [0.5, 0.6) is 5.75 Å². The smallest absolute Gasteiger partial charge is 0.300 e. The summed E-state index contributed by atoms with van der Waals surface area (Å²) < 4.78 is 6.27. The van der Waals surface area contributed by atoms with Crippen molar-refractivity contribution < 1.29 is 19.4 Å². The van der Waals surface area contributed by atoms with Crippen molar-refractivity contribution in [2.45, 2.75) is 26.8 Å². The van der Waals surface area contributed by atoms with Crippen LogP contribution >= 0.6 is 15.9 Å². The van der Waals surface area contributed by atoms with Crippen LogP contribution in [0, 0.1) is 20.8 Å². The molecule has 4 rings (SSSR count). The van der Waals surface area contributed by atoms with Crippen molar-refractivity contribution in [3.63, 3.8) is 0 Å². The quantitative estimate of drug-likeness (QED) is 0.268. The predicted molar refractivity (Wildman–Crippen MR) is 133 cm³/mol. The lowest BCUT2D eigenvalue weighted by Gasteiger charge is -2.26. The molecule has 3 aromatic carbocycles. The minimum atomic E-state index is -0.801. The van der Waals surface area contributed by atoms with Crippen LogP contribution in [-0.2, 0) is 9.59 Å². The number of anilines is 1. The Kier molecular flexibility index (Phi) is 6.13. The molecule has 5 nitrogen and oxygen atoms in total. The van der Waals surface area contributed by atoms with Gasteiger partial charge in [0.05, 0.1) is 18.7 Å². The van der Waals surface area contributed by atoms with E-state index in [0.717, 1.165) is 21.2 Å². The Hall–Kier alpha value is -3.38. The van der Waals surface area contributed by atoms with Crippen molar-refractivity contribution in [1.29, 1.82) is 0 Å². The van der Waals surface area contributed by atoms with Gasteiger partial charge in [0.2, 0.25) is 0 Å². The molecule has 1 fully saturated rings. The lowest BCUT2D eigenvalue weighted by Crippen LogP contribution is -2.29. The van der Waals surface area contributed by atoms with Gasteiger partial charge in [-0.05, 0) is 79.4 Å². The number of benzene rings is 3. The largest absolute Gasteiger partial charge is 0.507 e. The first-order valence-electron chi connectivity index (χ1n) is 10.5. The monoisotopic (exact) mass is 505 g/mol. The molecule has 1 saturated heterocycles. The summed E-state index contributed by atoms with van der Waals surface area (Å²) in [5, 5.41) is 11.3. The molecule has 1 aliphatic rings. The Morgan fingerprint density at radius 2 is 1.67 bits per heavy atom. The van der Waals surface area contributed by atoms with Crippen molar-refractivity contribution in [3.05, 3.63) is 98.5 Å². The molecule has 1 atom stereocenters. The number of hydrogen-bond acceptors (Lipinski definition) is 4. The molecule has 1 N–H and O–H groups in total. The summed E-state index contributed by atoms with van der Waals surface area (Å²) in [7, 11) is 1.56. The van der Waals surface area contributed by atoms with Gasteiger partial charge in [0.25, 0.3) is 11.7 Å². The molecule has 168 valence electrons. The Labute approximate surface area is 201 Å². The molecular formula is C27H24BrNO4. The highest BCUT2D eigenvalue weighted by molar-refractivity contribution is 9.10. The second-order valence-electron chi connectivity index (χ2n) is 8.26. The Morgan fingerprint density at radius 1 is 0.970 bits per heavy atom. The summed E-state index contributed by atoms with van der Waals surface area (Å²) in [5.41, 5.74) is 4.65. The van der Waals surface area contributed by atoms with E-state index in [2.05, 4.69) is 15.9 Å². The summed E-state index contributed by atoms with van der Waals surface area (Å²) in [6.45, 7) is 5.78. The Morgan fingerprint density at radius 3 is 2.30 bits per heavy atom. The highest BCUT2D eigenvalue weighted by Crippen LogP contribution is 2.43. The molecule has 0 bridgehead atoms. The molecular weight excluding hydrogens is 482 g/mol. The van der Waals surface area contributed by atoms with Crippen LogP contribution in [-0.4, -0.2) is 23.9 Å². The standard InChI is InChI=1S/C27H24BrNO4/c1-15-10-16(2)12-20(11-15)29-24(18-6-5-7-21(14-18)33-4)23(26(31)27(29)32)25(30)19-8-9-22(28)17(3)13-19/h5-14,24,30H,1-4H3/b25-23-. The van der Waals surface area contributed by atoms with Crippen molar-refractivity contribution in [2.75, 3.05) is 12.0 Å². The number of methoxy groups -OCH3 is 1. The number of aryl methyl sites for hydroxylation is 3. The van der Waals surface area contributed by atoms with Crippen molar-refractivity contribution >= 4 is 39.1 Å². The highest BCUT2D eigenvalue weighted by Gasteiger charge is 2.47. The van der Waals surface area contributed by atoms with Crippen LogP contribution in [0.25, 0.3) is 5.76 Å². The van der Waals surface area contributed by atoms with E-state index in [4.69, 9.17) is 4.74 Å². The first-order valence-corrected chi connectivity index (χ1v) is 11.3. The molecule has 6 heteroatoms. The van der Waals surface area contributed by atoms with E-state index in [1.807, 2.05) is 51.1 Å². The number of ether oxygens (including phenoxy) is 1. The number of aliphatic hydroxyl groups is 1. The fourth-order valence-electron chi connectivity index (χ4n) is 4.26. The fourth-order valence-corrected chi connectivity index (χ4v) is 4.51. The van der Waals surface area contributed by atoms with Gasteiger partial charge in [-0.1, -0.05) is 40.2 Å². The zero-order valence-corrected chi connectivity index (χ0v) is 20.4. The minimum absolute atomic E-state index is 0.0501. The number of hydrogen-bond donors (Lipinski definition) is 1. The van der Waals surface area contributed by atoms with Gasteiger partial charge in [0.1, 0.15) is 11.5 Å². The van der Waals surface area contributed by atoms with Gasteiger partial charge in [-0.25, -0.2) is 0 Å². The van der Waals surface area contributed by atoms with Crippen molar-refractivity contribution in [3.8, 4) is 5.75 Å². The molecule has 0 radical (unpaired) electrons. The van der Waals surface area contributed by atoms with Gasteiger partial charge >= 0.3 is 0 Å². The van der Waals surface area contributed by atoms with Gasteiger partial charge in [-0.2, -0.15) is 0 Å². The van der Waals surface area contributed by atoms with E-state index in [1.165, 1.54) is 4.90 Å². The van der Waals surface area contributed by atoms with E-state index < -0.39 is 17.7 Å². The number of carbonyl (C=O) groups is 2. The average molecular weight is 506 g/mol. The lowest BCUT2D eigenvalue weighted by atomic mass is 9.94. The normalized spacial score (nSPS) is 17.5. The van der Waals surface area contributed by atoms with Crippen LogP contribution in [0.4, 0.5) is 5.69 Å². The van der Waals surface area contributed by atoms with Crippen molar-refractivity contribution in [1.82, 2.24) is 0 Å². The molecule has 3 aromatic rings. The zero-order valence-electron chi connectivity index (χ0n) is 18.8. The van der Waals surface area contributed by atoms with Crippen molar-refractivity contribution in [2.24, 2.45) is 0 Å². The predicted octanol–water partition coefficient (Wildman–Crippen LogP) is 6.01. The highest BCUT2D eigenvalue weighted by atomic mass is 79.9. The van der Waals surface area contributed by atoms with Crippen LogP contribution in [0.15, 0.2) is 70.7 Å². The number of halogens is 1. The maximum Gasteiger partial charge on any atom is 0.300 e. The molecule has 0 saturated carbocycles. The zero-order chi connectivity index (χ0) is 23.9. The first kappa shape index (κ1) is 22.8. The van der Waals surface area contributed by atoms with Crippen LogP contribution in [0.3, 0.4) is 0 Å². The topological polar surface area (TPSA) is 66.8 Å². The first-order chi connectivity index (χ1) is 15.7. The van der Waals surface area contributed by atoms with E-state index in [-0.39, 0.29) is 11.3 Å². The average Bonchev–Trinajstić information content (AvgIpc) is 3.05. The lowest BCUT2D eigenvalue weighted by molar-refractivity contribution is -0.132. The number of aliphatic hydroxyl groups excluding tert-OH is 1. The second-order valence-corrected chi connectivity index (χ2v) is 9.11. The maximum atomic E-state index is 13.3. The van der Waals surface area contributed by atoms with Gasteiger partial charge in [0.15, 0.2) is 0 Å². The van der Waals surface area contributed by atoms with E-state index >= 15 is 0 Å². The molecule has 0 aromatic heterocycles. The molecule has 1 aliphatic heterocycles. The summed E-state index contributed by atoms with van der Waals surface area (Å²) in [5.74, 6) is -1.01. The summed E-state index contributed by atoms with van der Waals surface area (Å²) in [6, 6.07) is 17.5. The van der Waals surface area contributed by atoms with Gasteiger partial charge in [-0.15, -0.1) is 0 Å². The van der Waals surface area contributed by atoms with E-state index in [0.29, 0.717) is 22.6 Å². The maximum absolute atomic E-state index is 13.3. The van der Waals surface area contributed by atoms with Gasteiger partial charge in [0, 0.05) is 15.7 Å². The van der Waals surface area contributed by atoms with Gasteiger partial charge in [-0.3, -0.25) is 14.5 Å². The second kappa shape index (κ2) is 8.87. The summed E-state index contributed by atoms with van der Waals surface area (Å²) in [4.78, 5) is 28.1. The molecule has 33 heavy (non-hydrogen) atoms. The number of amides is 1. The summed E-state index contributed by atoms with van der Waals surface area (Å²) >= 11 is 3.46. The van der Waals surface area contributed by atoms with E-state index in [9.17, 15) is 14.7 Å². The number of rotatable bonds is 4. The third-order valence-electron chi connectivity index (χ3n) is 5.77. The molecule has 0 aliphatic carbocycles.